The van der Waals surface area contributed by atoms with Crippen molar-refractivity contribution in [2.24, 2.45) is 0 Å². The lowest BCUT2D eigenvalue weighted by Gasteiger charge is -2.25. The number of nitrogens with one attached hydrogen (secondary N) is 1. The second kappa shape index (κ2) is 10.1. The van der Waals surface area contributed by atoms with E-state index in [4.69, 9.17) is 9.47 Å². The quantitative estimate of drug-likeness (QED) is 0.756. The number of carbonyl (C=O) groups is 1. The molecular formula is C20H30ClNO4. The van der Waals surface area contributed by atoms with Crippen LogP contribution < -0.4 is 14.8 Å². The minimum absolute atomic E-state index is 0. The number of halogens is 1. The fourth-order valence-electron chi connectivity index (χ4n) is 3.87. The van der Waals surface area contributed by atoms with E-state index in [-0.39, 0.29) is 24.8 Å². The Balaban J connectivity index is 0.00000243. The van der Waals surface area contributed by atoms with E-state index in [1.54, 1.807) is 13.2 Å². The number of aliphatic hydroxyl groups excluding tert-OH is 1. The van der Waals surface area contributed by atoms with Crippen LogP contribution in [0.4, 0.5) is 0 Å². The molecule has 0 amide bonds. The summed E-state index contributed by atoms with van der Waals surface area (Å²) in [5, 5.41) is 13.7. The van der Waals surface area contributed by atoms with Crippen LogP contribution in [-0.2, 0) is 6.42 Å². The summed E-state index contributed by atoms with van der Waals surface area (Å²) in [6, 6.07) is 4.15. The smallest absolute Gasteiger partial charge is 0.167 e. The maximum absolute atomic E-state index is 12.2. The zero-order chi connectivity index (χ0) is 17.6. The molecule has 1 aromatic carbocycles. The van der Waals surface area contributed by atoms with Gasteiger partial charge in [0.15, 0.2) is 5.78 Å². The second-order valence-corrected chi connectivity index (χ2v) is 7.10. The first-order valence-corrected chi connectivity index (χ1v) is 9.46. The number of carbonyl (C=O) groups excluding carboxylic acids is 1. The van der Waals surface area contributed by atoms with Gasteiger partial charge in [0.05, 0.1) is 12.7 Å². The number of Topliss-reactive ketones (excluding diaryl/α,β-unsaturated/α-hetero) is 1. The summed E-state index contributed by atoms with van der Waals surface area (Å²) in [6.45, 7) is 0.772. The van der Waals surface area contributed by atoms with Gasteiger partial charge in [0, 0.05) is 24.6 Å². The monoisotopic (exact) mass is 383 g/mol. The first kappa shape index (κ1) is 21.0. The van der Waals surface area contributed by atoms with Gasteiger partial charge >= 0.3 is 0 Å². The van der Waals surface area contributed by atoms with E-state index >= 15 is 0 Å². The molecule has 0 bridgehead atoms. The van der Waals surface area contributed by atoms with Crippen LogP contribution in [0.3, 0.4) is 0 Å². The Bertz CT molecular complexity index is 602. The molecule has 1 saturated carbocycles. The van der Waals surface area contributed by atoms with Crippen LogP contribution in [0, 0.1) is 0 Å². The minimum atomic E-state index is -0.557. The summed E-state index contributed by atoms with van der Waals surface area (Å²) >= 11 is 0. The van der Waals surface area contributed by atoms with Crippen LogP contribution in [0.5, 0.6) is 11.5 Å². The average molecular weight is 384 g/mol. The van der Waals surface area contributed by atoms with Crippen molar-refractivity contribution in [2.75, 3.05) is 20.3 Å². The summed E-state index contributed by atoms with van der Waals surface area (Å²) in [4.78, 5) is 12.2. The molecular weight excluding hydrogens is 354 g/mol. The van der Waals surface area contributed by atoms with Gasteiger partial charge in [-0.1, -0.05) is 19.3 Å². The van der Waals surface area contributed by atoms with E-state index in [0.717, 1.165) is 18.4 Å². The normalized spacial score (nSPS) is 18.6. The van der Waals surface area contributed by atoms with Gasteiger partial charge in [-0.3, -0.25) is 4.79 Å². The van der Waals surface area contributed by atoms with E-state index < -0.39 is 6.10 Å². The van der Waals surface area contributed by atoms with Gasteiger partial charge in [-0.2, -0.15) is 0 Å². The third kappa shape index (κ3) is 5.12. The lowest BCUT2D eigenvalue weighted by Crippen LogP contribution is -2.39. The molecule has 0 aromatic heterocycles. The summed E-state index contributed by atoms with van der Waals surface area (Å²) in [7, 11) is 1.58. The maximum atomic E-state index is 12.2. The second-order valence-electron chi connectivity index (χ2n) is 7.10. The van der Waals surface area contributed by atoms with E-state index in [9.17, 15) is 9.90 Å². The summed E-state index contributed by atoms with van der Waals surface area (Å²) in [5.74, 6) is 1.43. The van der Waals surface area contributed by atoms with E-state index in [0.29, 0.717) is 36.1 Å². The van der Waals surface area contributed by atoms with Gasteiger partial charge in [0.1, 0.15) is 24.2 Å². The molecule has 6 heteroatoms. The zero-order valence-electron chi connectivity index (χ0n) is 15.5. The van der Waals surface area contributed by atoms with Crippen LogP contribution in [0.25, 0.3) is 0 Å². The van der Waals surface area contributed by atoms with E-state index in [2.05, 4.69) is 5.32 Å². The number of aliphatic hydroxyl groups is 1. The highest BCUT2D eigenvalue weighted by Gasteiger charge is 2.25. The highest BCUT2D eigenvalue weighted by Crippen LogP contribution is 2.36. The molecule has 0 radical (unpaired) electrons. The number of fused-ring (bicyclic) bond motifs is 1. The average Bonchev–Trinajstić information content (AvgIpc) is 2.65. The fourth-order valence-corrected chi connectivity index (χ4v) is 3.87. The molecule has 5 nitrogen and oxygen atoms in total. The van der Waals surface area contributed by atoms with Crippen molar-refractivity contribution in [2.45, 2.75) is 63.5 Å². The Morgan fingerprint density at radius 1 is 1.15 bits per heavy atom. The van der Waals surface area contributed by atoms with Crippen molar-refractivity contribution < 1.29 is 19.4 Å². The number of rotatable bonds is 7. The Labute approximate surface area is 161 Å². The number of ether oxygens (including phenoxy) is 2. The fraction of sp³-hybridized carbons (Fsp3) is 0.650. The first-order chi connectivity index (χ1) is 12.2. The first-order valence-electron chi connectivity index (χ1n) is 9.46. The van der Waals surface area contributed by atoms with Crippen molar-refractivity contribution in [1.29, 1.82) is 0 Å². The van der Waals surface area contributed by atoms with Gasteiger partial charge in [-0.15, -0.1) is 12.4 Å². The largest absolute Gasteiger partial charge is 0.496 e. The number of hydrogen-bond acceptors (Lipinski definition) is 5. The molecule has 0 saturated heterocycles. The highest BCUT2D eigenvalue weighted by molar-refractivity contribution is 6.01. The van der Waals surface area contributed by atoms with Crippen LogP contribution in [0.2, 0.25) is 0 Å². The highest BCUT2D eigenvalue weighted by atomic mass is 35.5. The van der Waals surface area contributed by atoms with Crippen LogP contribution in [0.1, 0.15) is 60.9 Å². The Hall–Kier alpha value is -1.30. The zero-order valence-corrected chi connectivity index (χ0v) is 16.3. The van der Waals surface area contributed by atoms with Crippen molar-refractivity contribution in [3.8, 4) is 11.5 Å². The van der Waals surface area contributed by atoms with Gasteiger partial charge < -0.3 is 19.9 Å². The van der Waals surface area contributed by atoms with Crippen molar-refractivity contribution in [3.63, 3.8) is 0 Å². The molecule has 1 fully saturated rings. The summed E-state index contributed by atoms with van der Waals surface area (Å²) in [5.41, 5.74) is 1.57. The number of methoxy groups -OCH3 is 1. The van der Waals surface area contributed by atoms with Crippen molar-refractivity contribution in [3.05, 3.63) is 23.3 Å². The van der Waals surface area contributed by atoms with Crippen LogP contribution >= 0.6 is 12.4 Å². The van der Waals surface area contributed by atoms with E-state index in [1.165, 1.54) is 32.1 Å². The molecule has 2 aliphatic carbocycles. The number of ketones is 1. The van der Waals surface area contributed by atoms with Crippen molar-refractivity contribution in [1.82, 2.24) is 5.32 Å². The molecule has 0 aliphatic heterocycles. The molecule has 0 spiro atoms. The lowest BCUT2D eigenvalue weighted by atomic mass is 9.89. The molecule has 1 unspecified atom stereocenters. The molecule has 2 N–H and O–H groups in total. The molecule has 3 rings (SSSR count). The molecule has 2 aliphatic rings. The standard InChI is InChI=1S/C20H29NO4.ClH/c1-24-19-11-10-18(16-8-5-9-17(23)20(16)19)25-13-15(22)12-21-14-6-3-2-4-7-14;/h10-11,14-15,21-22H,2-9,12-13H2,1H3;1H. The molecule has 26 heavy (non-hydrogen) atoms. The van der Waals surface area contributed by atoms with Gasteiger partial charge in [0.2, 0.25) is 0 Å². The molecule has 146 valence electrons. The Morgan fingerprint density at radius 2 is 1.88 bits per heavy atom. The topological polar surface area (TPSA) is 67.8 Å². The van der Waals surface area contributed by atoms with Gasteiger partial charge in [-0.05, 0) is 37.8 Å². The predicted molar refractivity (Wildman–Crippen MR) is 104 cm³/mol. The van der Waals surface area contributed by atoms with Gasteiger partial charge in [-0.25, -0.2) is 0 Å². The van der Waals surface area contributed by atoms with Crippen LogP contribution in [-0.4, -0.2) is 43.3 Å². The third-order valence-electron chi connectivity index (χ3n) is 5.24. The molecule has 0 heterocycles. The summed E-state index contributed by atoms with van der Waals surface area (Å²) in [6.07, 6.45) is 7.91. The molecule has 1 aromatic rings. The molecule has 1 atom stereocenters. The lowest BCUT2D eigenvalue weighted by molar-refractivity contribution is 0.0957. The Morgan fingerprint density at radius 3 is 2.62 bits per heavy atom. The SMILES string of the molecule is COc1ccc(OCC(O)CNC2CCCCC2)c2c1C(=O)CCC2.Cl. The maximum Gasteiger partial charge on any atom is 0.167 e. The third-order valence-corrected chi connectivity index (χ3v) is 5.24. The Kier molecular flexibility index (Phi) is 8.19. The minimum Gasteiger partial charge on any atom is -0.496 e. The number of hydrogen-bond donors (Lipinski definition) is 2. The van der Waals surface area contributed by atoms with Crippen molar-refractivity contribution >= 4 is 18.2 Å². The van der Waals surface area contributed by atoms with Gasteiger partial charge in [0.25, 0.3) is 0 Å². The van der Waals surface area contributed by atoms with Crippen LogP contribution in [0.15, 0.2) is 12.1 Å². The van der Waals surface area contributed by atoms with E-state index in [1.807, 2.05) is 6.07 Å². The predicted octanol–water partition coefficient (Wildman–Crippen LogP) is 3.30. The number of benzene rings is 1. The summed E-state index contributed by atoms with van der Waals surface area (Å²) < 4.78 is 11.2.